The summed E-state index contributed by atoms with van der Waals surface area (Å²) in [6.07, 6.45) is 1.88. The Morgan fingerprint density at radius 1 is 0.833 bits per heavy atom. The van der Waals surface area contributed by atoms with Crippen LogP contribution in [0, 0.1) is 0 Å². The van der Waals surface area contributed by atoms with Crippen LogP contribution in [0.2, 0.25) is 0 Å². The van der Waals surface area contributed by atoms with Crippen LogP contribution in [0.3, 0.4) is 0 Å². The van der Waals surface area contributed by atoms with Crippen molar-refractivity contribution in [2.75, 3.05) is 5.32 Å². The molecule has 0 bridgehead atoms. The average molecular weight is 401 g/mol. The summed E-state index contributed by atoms with van der Waals surface area (Å²) < 4.78 is 5.85. The second-order valence-corrected chi connectivity index (χ2v) is 7.41. The van der Waals surface area contributed by atoms with Crippen LogP contribution in [0.25, 0.3) is 0 Å². The first-order valence-corrected chi connectivity index (χ1v) is 9.83. The van der Waals surface area contributed by atoms with Gasteiger partial charge in [-0.05, 0) is 42.7 Å². The Morgan fingerprint density at radius 2 is 1.57 bits per heavy atom. The number of rotatable bonds is 3. The molecule has 2 aliphatic rings. The van der Waals surface area contributed by atoms with E-state index in [4.69, 9.17) is 4.74 Å². The molecule has 1 aromatic heterocycles. The lowest BCUT2D eigenvalue weighted by atomic mass is 9.76. The SMILES string of the molecule is O=C1CCCC2=C1C(c1ccc(Oc3ccccc3)cc1)c1c([nH]c(=O)[nH]c1=O)N2. The zero-order valence-corrected chi connectivity index (χ0v) is 16.0. The molecule has 0 saturated carbocycles. The van der Waals surface area contributed by atoms with Gasteiger partial charge in [-0.15, -0.1) is 0 Å². The average Bonchev–Trinajstić information content (AvgIpc) is 2.74. The molecule has 7 heteroatoms. The summed E-state index contributed by atoms with van der Waals surface area (Å²) in [5, 5.41) is 3.11. The lowest BCUT2D eigenvalue weighted by Crippen LogP contribution is -2.36. The lowest BCUT2D eigenvalue weighted by Gasteiger charge is -2.32. The summed E-state index contributed by atoms with van der Waals surface area (Å²) in [6.45, 7) is 0. The summed E-state index contributed by atoms with van der Waals surface area (Å²) in [7, 11) is 0. The largest absolute Gasteiger partial charge is 0.457 e. The Labute approximate surface area is 171 Å². The van der Waals surface area contributed by atoms with Crippen molar-refractivity contribution in [1.29, 1.82) is 0 Å². The van der Waals surface area contributed by atoms with Gasteiger partial charge in [0.2, 0.25) is 0 Å². The number of allylic oxidation sites excluding steroid dienone is 2. The van der Waals surface area contributed by atoms with E-state index in [1.165, 1.54) is 0 Å². The Kier molecular flexibility index (Phi) is 4.35. The van der Waals surface area contributed by atoms with Crippen LogP contribution in [0.5, 0.6) is 11.5 Å². The molecule has 5 rings (SSSR count). The van der Waals surface area contributed by atoms with E-state index >= 15 is 0 Å². The summed E-state index contributed by atoms with van der Waals surface area (Å²) in [5.74, 6) is 1.20. The van der Waals surface area contributed by atoms with E-state index in [-0.39, 0.29) is 5.78 Å². The number of anilines is 1. The highest BCUT2D eigenvalue weighted by molar-refractivity contribution is 6.00. The molecule has 1 aliphatic carbocycles. The van der Waals surface area contributed by atoms with Crippen molar-refractivity contribution in [2.24, 2.45) is 0 Å². The van der Waals surface area contributed by atoms with E-state index in [1.807, 2.05) is 54.6 Å². The number of Topliss-reactive ketones (excluding diaryl/α,β-unsaturated/α-hetero) is 1. The smallest absolute Gasteiger partial charge is 0.327 e. The highest BCUT2D eigenvalue weighted by Gasteiger charge is 2.37. The summed E-state index contributed by atoms with van der Waals surface area (Å²) in [5.41, 5.74) is 1.43. The fraction of sp³-hybridized carbons (Fsp3) is 0.174. The third kappa shape index (κ3) is 3.14. The van der Waals surface area contributed by atoms with Crippen LogP contribution < -0.4 is 21.3 Å². The number of para-hydroxylation sites is 1. The maximum Gasteiger partial charge on any atom is 0.327 e. The van der Waals surface area contributed by atoms with Gasteiger partial charge in [0.25, 0.3) is 5.56 Å². The number of carbonyl (C=O) groups is 1. The molecule has 0 fully saturated rings. The number of aromatic amines is 2. The third-order valence-electron chi connectivity index (χ3n) is 5.48. The first-order chi connectivity index (χ1) is 14.6. The van der Waals surface area contributed by atoms with Gasteiger partial charge in [0, 0.05) is 23.6 Å². The number of hydrogen-bond donors (Lipinski definition) is 3. The molecule has 1 aliphatic heterocycles. The highest BCUT2D eigenvalue weighted by atomic mass is 16.5. The molecule has 1 unspecified atom stereocenters. The number of ketones is 1. The quantitative estimate of drug-likeness (QED) is 0.624. The van der Waals surface area contributed by atoms with Gasteiger partial charge >= 0.3 is 5.69 Å². The molecule has 150 valence electrons. The van der Waals surface area contributed by atoms with E-state index in [2.05, 4.69) is 15.3 Å². The molecule has 3 N–H and O–H groups in total. The van der Waals surface area contributed by atoms with Gasteiger partial charge in [0.05, 0.1) is 5.56 Å². The Bertz CT molecular complexity index is 1270. The maximum atomic E-state index is 12.8. The van der Waals surface area contributed by atoms with Crippen LogP contribution in [0.4, 0.5) is 5.82 Å². The molecule has 30 heavy (non-hydrogen) atoms. The predicted molar refractivity (Wildman–Crippen MR) is 112 cm³/mol. The van der Waals surface area contributed by atoms with Crippen molar-refractivity contribution in [3.05, 3.63) is 97.8 Å². The standard InChI is InChI=1S/C23H19N3O4/c27-17-8-4-7-16-19(17)18(20-21(24-16)25-23(29)26-22(20)28)13-9-11-15(12-10-13)30-14-5-2-1-3-6-14/h1-3,5-6,9-12,18H,4,7-8H2,(H3,24,25,26,28,29). The van der Waals surface area contributed by atoms with Gasteiger partial charge in [-0.2, -0.15) is 0 Å². The molecule has 0 amide bonds. The maximum absolute atomic E-state index is 12.8. The third-order valence-corrected chi connectivity index (χ3v) is 5.48. The molecule has 2 aromatic carbocycles. The number of fused-ring (bicyclic) bond motifs is 1. The zero-order valence-electron chi connectivity index (χ0n) is 16.0. The molecule has 3 aromatic rings. The minimum Gasteiger partial charge on any atom is -0.457 e. The molecular formula is C23H19N3O4. The fourth-order valence-corrected chi connectivity index (χ4v) is 4.18. The minimum absolute atomic E-state index is 0.0228. The monoisotopic (exact) mass is 401 g/mol. The Morgan fingerprint density at radius 3 is 2.33 bits per heavy atom. The first kappa shape index (κ1) is 18.2. The Balaban J connectivity index is 1.59. The van der Waals surface area contributed by atoms with Crippen LogP contribution in [-0.4, -0.2) is 15.8 Å². The number of H-pyrrole nitrogens is 2. The van der Waals surface area contributed by atoms with Gasteiger partial charge in [-0.25, -0.2) is 4.79 Å². The molecule has 0 saturated heterocycles. The van der Waals surface area contributed by atoms with E-state index < -0.39 is 17.2 Å². The van der Waals surface area contributed by atoms with Crippen molar-refractivity contribution in [3.8, 4) is 11.5 Å². The van der Waals surface area contributed by atoms with E-state index in [1.54, 1.807) is 0 Å². The fourth-order valence-electron chi connectivity index (χ4n) is 4.18. The van der Waals surface area contributed by atoms with E-state index in [9.17, 15) is 14.4 Å². The van der Waals surface area contributed by atoms with Crippen LogP contribution in [0.15, 0.2) is 75.5 Å². The lowest BCUT2D eigenvalue weighted by molar-refractivity contribution is -0.116. The number of aromatic nitrogens is 2. The molecule has 7 nitrogen and oxygen atoms in total. The van der Waals surface area contributed by atoms with Crippen LogP contribution >= 0.6 is 0 Å². The summed E-state index contributed by atoms with van der Waals surface area (Å²) in [6, 6.07) is 16.8. The molecule has 0 spiro atoms. The zero-order chi connectivity index (χ0) is 20.7. The number of nitrogens with one attached hydrogen (secondary N) is 3. The van der Waals surface area contributed by atoms with Gasteiger partial charge in [-0.3, -0.25) is 19.6 Å². The predicted octanol–water partition coefficient (Wildman–Crippen LogP) is 3.42. The van der Waals surface area contributed by atoms with Gasteiger partial charge in [0.1, 0.15) is 17.3 Å². The summed E-state index contributed by atoms with van der Waals surface area (Å²) in [4.78, 5) is 42.2. The van der Waals surface area contributed by atoms with Crippen molar-refractivity contribution >= 4 is 11.6 Å². The van der Waals surface area contributed by atoms with Crippen molar-refractivity contribution < 1.29 is 9.53 Å². The second-order valence-electron chi connectivity index (χ2n) is 7.41. The Hall–Kier alpha value is -3.87. The van der Waals surface area contributed by atoms with E-state index in [0.717, 1.165) is 23.4 Å². The molecule has 2 heterocycles. The van der Waals surface area contributed by atoms with Gasteiger partial charge in [-0.1, -0.05) is 30.3 Å². The van der Waals surface area contributed by atoms with Crippen LogP contribution in [0.1, 0.15) is 36.3 Å². The summed E-state index contributed by atoms with van der Waals surface area (Å²) >= 11 is 0. The highest BCUT2D eigenvalue weighted by Crippen LogP contribution is 2.43. The van der Waals surface area contributed by atoms with Crippen molar-refractivity contribution in [1.82, 2.24) is 9.97 Å². The normalized spacial score (nSPS) is 17.7. The van der Waals surface area contributed by atoms with Crippen molar-refractivity contribution in [3.63, 3.8) is 0 Å². The molecule has 1 atom stereocenters. The minimum atomic E-state index is -0.581. The van der Waals surface area contributed by atoms with Gasteiger partial charge in [0.15, 0.2) is 5.78 Å². The second kappa shape index (κ2) is 7.18. The number of benzene rings is 2. The van der Waals surface area contributed by atoms with Crippen molar-refractivity contribution in [2.45, 2.75) is 25.2 Å². The number of ether oxygens (including phenoxy) is 1. The molecule has 0 radical (unpaired) electrons. The number of carbonyl (C=O) groups excluding carboxylic acids is 1. The topological polar surface area (TPSA) is 104 Å². The van der Waals surface area contributed by atoms with E-state index in [0.29, 0.717) is 35.5 Å². The van der Waals surface area contributed by atoms with Gasteiger partial charge < -0.3 is 10.1 Å². The molecular weight excluding hydrogens is 382 g/mol. The first-order valence-electron chi connectivity index (χ1n) is 9.83. The van der Waals surface area contributed by atoms with Crippen LogP contribution in [-0.2, 0) is 4.79 Å². The number of hydrogen-bond acceptors (Lipinski definition) is 5.